The number of nitrogens with one attached hydrogen (secondary N) is 1. The van der Waals surface area contributed by atoms with Gasteiger partial charge in [-0.25, -0.2) is 4.68 Å². The van der Waals surface area contributed by atoms with Crippen LogP contribution in [0.5, 0.6) is 0 Å². The zero-order chi connectivity index (χ0) is 22.8. The summed E-state index contributed by atoms with van der Waals surface area (Å²) < 4.78 is 1.94. The molecule has 0 fully saturated rings. The molecule has 32 heavy (non-hydrogen) atoms. The van der Waals surface area contributed by atoms with Crippen LogP contribution in [-0.4, -0.2) is 15.6 Å². The van der Waals surface area contributed by atoms with E-state index in [1.54, 1.807) is 6.07 Å². The van der Waals surface area contributed by atoms with Crippen molar-refractivity contribution in [2.45, 2.75) is 46.5 Å². The molecule has 3 aromatic rings. The lowest BCUT2D eigenvalue weighted by Gasteiger charge is -2.39. The summed E-state index contributed by atoms with van der Waals surface area (Å²) in [6.45, 7) is 8.32. The van der Waals surface area contributed by atoms with Crippen molar-refractivity contribution >= 4 is 34.8 Å². The minimum Gasteiger partial charge on any atom is -0.343 e. The van der Waals surface area contributed by atoms with E-state index in [0.717, 1.165) is 51.6 Å². The smallest absolute Gasteiger partial charge is 0.162 e. The first-order valence-corrected chi connectivity index (χ1v) is 11.6. The van der Waals surface area contributed by atoms with E-state index in [4.69, 9.17) is 28.3 Å². The lowest BCUT2D eigenvalue weighted by molar-refractivity contribution is -0.118. The summed E-state index contributed by atoms with van der Waals surface area (Å²) in [6, 6.07) is 13.9. The fourth-order valence-electron chi connectivity index (χ4n) is 5.07. The predicted molar refractivity (Wildman–Crippen MR) is 130 cm³/mol. The first-order valence-electron chi connectivity index (χ1n) is 10.8. The van der Waals surface area contributed by atoms with Crippen LogP contribution in [0, 0.1) is 19.3 Å². The minimum absolute atomic E-state index is 0.119. The Morgan fingerprint density at radius 2 is 1.84 bits per heavy atom. The Hall–Kier alpha value is -2.56. The Morgan fingerprint density at radius 3 is 2.59 bits per heavy atom. The van der Waals surface area contributed by atoms with Crippen LogP contribution < -0.4 is 5.32 Å². The van der Waals surface area contributed by atoms with Gasteiger partial charge in [-0.05, 0) is 55.0 Å². The molecule has 1 aliphatic carbocycles. The number of carbonyl (C=O) groups is 1. The van der Waals surface area contributed by atoms with E-state index in [9.17, 15) is 4.79 Å². The number of carbonyl (C=O) groups excluding carboxylic acids is 1. The van der Waals surface area contributed by atoms with Crippen molar-refractivity contribution in [3.05, 3.63) is 86.2 Å². The number of fused-ring (bicyclic) bond motifs is 1. The highest BCUT2D eigenvalue weighted by atomic mass is 35.5. The third-order valence-corrected chi connectivity index (χ3v) is 7.25. The van der Waals surface area contributed by atoms with Gasteiger partial charge in [0.2, 0.25) is 0 Å². The summed E-state index contributed by atoms with van der Waals surface area (Å²) in [5.41, 5.74) is 6.43. The maximum absolute atomic E-state index is 13.5. The van der Waals surface area contributed by atoms with Crippen molar-refractivity contribution < 1.29 is 4.79 Å². The molecule has 1 aromatic heterocycles. The summed E-state index contributed by atoms with van der Waals surface area (Å²) in [4.78, 5) is 13.5. The Balaban J connectivity index is 1.80. The lowest BCUT2D eigenvalue weighted by Crippen LogP contribution is -2.34. The molecule has 0 amide bonds. The second-order valence-electron chi connectivity index (χ2n) is 9.63. The second kappa shape index (κ2) is 7.50. The van der Waals surface area contributed by atoms with Gasteiger partial charge in [0.25, 0.3) is 0 Å². The van der Waals surface area contributed by atoms with Crippen LogP contribution in [0.2, 0.25) is 10.0 Å². The molecule has 0 unspecified atom stereocenters. The fourth-order valence-corrected chi connectivity index (χ4v) is 5.49. The molecular weight excluding hydrogens is 441 g/mol. The zero-order valence-electron chi connectivity index (χ0n) is 18.6. The summed E-state index contributed by atoms with van der Waals surface area (Å²) in [6.07, 6.45) is 1.28. The fraction of sp³-hybridized carbons (Fsp3) is 0.308. The summed E-state index contributed by atoms with van der Waals surface area (Å²) in [5, 5.41) is 9.47. The molecule has 0 spiro atoms. The minimum atomic E-state index is -0.311. The molecule has 5 rings (SSSR count). The number of Topliss-reactive ketones (excluding diaryl/α,β-unsaturated/α-hetero) is 1. The van der Waals surface area contributed by atoms with E-state index in [0.29, 0.717) is 16.5 Å². The molecule has 0 saturated carbocycles. The Labute approximate surface area is 198 Å². The number of hydrogen-bond donors (Lipinski definition) is 1. The van der Waals surface area contributed by atoms with Gasteiger partial charge in [-0.3, -0.25) is 4.79 Å². The van der Waals surface area contributed by atoms with Crippen LogP contribution in [0.15, 0.2) is 53.7 Å². The van der Waals surface area contributed by atoms with E-state index < -0.39 is 0 Å². The summed E-state index contributed by atoms with van der Waals surface area (Å²) in [7, 11) is 0. The van der Waals surface area contributed by atoms with E-state index in [2.05, 4.69) is 38.2 Å². The molecule has 1 atom stereocenters. The maximum Gasteiger partial charge on any atom is 0.162 e. The van der Waals surface area contributed by atoms with Gasteiger partial charge >= 0.3 is 0 Å². The van der Waals surface area contributed by atoms with Gasteiger partial charge in [-0.1, -0.05) is 61.3 Å². The van der Waals surface area contributed by atoms with Gasteiger partial charge in [0, 0.05) is 29.2 Å². The van der Waals surface area contributed by atoms with Crippen molar-refractivity contribution in [1.82, 2.24) is 9.78 Å². The number of hydrogen-bond acceptors (Lipinski definition) is 3. The number of rotatable bonds is 2. The Kier molecular flexibility index (Phi) is 4.99. The summed E-state index contributed by atoms with van der Waals surface area (Å²) >= 11 is 13.1. The largest absolute Gasteiger partial charge is 0.343 e. The molecule has 1 aliphatic heterocycles. The molecule has 2 aliphatic rings. The molecular formula is C26H25Cl2N3O. The molecule has 6 heteroatoms. The lowest BCUT2D eigenvalue weighted by atomic mass is 9.69. The average molecular weight is 466 g/mol. The molecule has 1 N–H and O–H groups in total. The van der Waals surface area contributed by atoms with Gasteiger partial charge < -0.3 is 5.32 Å². The van der Waals surface area contributed by atoms with Gasteiger partial charge in [0.1, 0.15) is 5.82 Å². The van der Waals surface area contributed by atoms with Crippen molar-refractivity contribution in [2.75, 3.05) is 5.32 Å². The molecule has 2 aromatic carbocycles. The van der Waals surface area contributed by atoms with Crippen molar-refractivity contribution in [3.8, 4) is 5.69 Å². The highest BCUT2D eigenvalue weighted by Gasteiger charge is 2.43. The van der Waals surface area contributed by atoms with Crippen LogP contribution in [-0.2, 0) is 4.79 Å². The zero-order valence-corrected chi connectivity index (χ0v) is 20.1. The highest BCUT2D eigenvalue weighted by Crippen LogP contribution is 2.52. The molecule has 0 saturated heterocycles. The van der Waals surface area contributed by atoms with E-state index in [1.165, 1.54) is 0 Å². The number of aryl methyl sites for hydroxylation is 2. The second-order valence-corrected chi connectivity index (χ2v) is 10.4. The number of nitrogens with zero attached hydrogens (tertiary/aromatic N) is 2. The number of anilines is 1. The van der Waals surface area contributed by atoms with Gasteiger partial charge in [0.05, 0.1) is 21.4 Å². The highest BCUT2D eigenvalue weighted by molar-refractivity contribution is 6.42. The van der Waals surface area contributed by atoms with E-state index >= 15 is 0 Å². The average Bonchev–Trinajstić information content (AvgIpc) is 3.04. The van der Waals surface area contributed by atoms with Crippen LogP contribution >= 0.6 is 23.2 Å². The van der Waals surface area contributed by atoms with Gasteiger partial charge in [-0.15, -0.1) is 0 Å². The number of halogens is 2. The van der Waals surface area contributed by atoms with E-state index in [-0.39, 0.29) is 17.1 Å². The van der Waals surface area contributed by atoms with Crippen molar-refractivity contribution in [2.24, 2.45) is 5.41 Å². The molecule has 2 heterocycles. The van der Waals surface area contributed by atoms with Crippen LogP contribution in [0.25, 0.3) is 5.69 Å². The standard InChI is InChI=1S/C26H25Cl2N3O/c1-14-7-5-8-16(11-14)31-25-21(15(2)30-31)22(17-9-6-10-18(27)24(17)28)23-19(29-25)12-26(3,4)13-20(23)32/h5-11,22,29H,12-13H2,1-4H3/t22-/m0/s1. The summed E-state index contributed by atoms with van der Waals surface area (Å²) in [5.74, 6) is 0.728. The van der Waals surface area contributed by atoms with E-state index in [1.807, 2.05) is 35.9 Å². The quantitative estimate of drug-likeness (QED) is 0.443. The monoisotopic (exact) mass is 465 g/mol. The number of aromatic nitrogens is 2. The molecule has 4 nitrogen and oxygen atoms in total. The van der Waals surface area contributed by atoms with Gasteiger partial charge in [-0.2, -0.15) is 5.10 Å². The van der Waals surface area contributed by atoms with Crippen molar-refractivity contribution in [3.63, 3.8) is 0 Å². The number of allylic oxidation sites excluding steroid dienone is 2. The number of benzene rings is 2. The predicted octanol–water partition coefficient (Wildman–Crippen LogP) is 7.00. The van der Waals surface area contributed by atoms with Crippen LogP contribution in [0.3, 0.4) is 0 Å². The Morgan fingerprint density at radius 1 is 1.09 bits per heavy atom. The normalized spacial score (nSPS) is 19.4. The first kappa shape index (κ1) is 21.3. The third kappa shape index (κ3) is 3.37. The SMILES string of the molecule is Cc1cccc(-n2nc(C)c3c2NC2=C(C(=O)CC(C)(C)C2)[C@H]3c2cccc(Cl)c2Cl)c1. The maximum atomic E-state index is 13.5. The van der Waals surface area contributed by atoms with Crippen LogP contribution in [0.1, 0.15) is 55.0 Å². The molecule has 0 radical (unpaired) electrons. The Bertz CT molecular complexity index is 1300. The van der Waals surface area contributed by atoms with Crippen molar-refractivity contribution in [1.29, 1.82) is 0 Å². The van der Waals surface area contributed by atoms with Crippen LogP contribution in [0.4, 0.5) is 5.82 Å². The first-order chi connectivity index (χ1) is 15.2. The third-order valence-electron chi connectivity index (χ3n) is 6.41. The molecule has 164 valence electrons. The molecule has 0 bridgehead atoms. The van der Waals surface area contributed by atoms with Gasteiger partial charge in [0.15, 0.2) is 5.78 Å². The topological polar surface area (TPSA) is 46.9 Å². The number of ketones is 1.